The quantitative estimate of drug-likeness (QED) is 0.248. The van der Waals surface area contributed by atoms with Gasteiger partial charge >= 0.3 is 0 Å². The topological polar surface area (TPSA) is 142 Å². The van der Waals surface area contributed by atoms with Crippen LogP contribution in [0.4, 0.5) is 17.1 Å². The van der Waals surface area contributed by atoms with Crippen molar-refractivity contribution >= 4 is 44.5 Å². The summed E-state index contributed by atoms with van der Waals surface area (Å²) in [5.41, 5.74) is 4.39. The third-order valence-electron chi connectivity index (χ3n) is 6.95. The third kappa shape index (κ3) is 6.40. The summed E-state index contributed by atoms with van der Waals surface area (Å²) in [5.74, 6) is 0.478. The molecule has 12 heteroatoms. The van der Waals surface area contributed by atoms with Crippen molar-refractivity contribution in [3.63, 3.8) is 0 Å². The summed E-state index contributed by atoms with van der Waals surface area (Å²) in [6.45, 7) is 12.3. The van der Waals surface area contributed by atoms with E-state index in [9.17, 15) is 17.8 Å². The van der Waals surface area contributed by atoms with E-state index >= 15 is 0 Å². The molecule has 3 aromatic carbocycles. The molecular weight excluding hydrogens is 566 g/mol. The summed E-state index contributed by atoms with van der Waals surface area (Å²) in [6, 6.07) is 20.2. The minimum atomic E-state index is -4.42. The molecule has 0 saturated heterocycles. The molecule has 222 valence electrons. The molecule has 43 heavy (non-hydrogen) atoms. The van der Waals surface area contributed by atoms with E-state index in [1.165, 1.54) is 23.0 Å². The van der Waals surface area contributed by atoms with Crippen molar-refractivity contribution in [2.75, 3.05) is 23.3 Å². The number of aliphatic imine (C=N–C) groups is 1. The molecule has 0 saturated carbocycles. The van der Waals surface area contributed by atoms with Crippen LogP contribution in [0.2, 0.25) is 0 Å². The lowest BCUT2D eigenvalue weighted by Crippen LogP contribution is -2.27. The normalized spacial score (nSPS) is 14.0. The molecule has 0 atom stereocenters. The first-order chi connectivity index (χ1) is 20.4. The van der Waals surface area contributed by atoms with Crippen LogP contribution < -0.4 is 10.2 Å². The number of hydrogen-bond acceptors (Lipinski definition) is 8. The lowest BCUT2D eigenvalue weighted by Gasteiger charge is -2.21. The van der Waals surface area contributed by atoms with Crippen molar-refractivity contribution in [2.24, 2.45) is 15.5 Å². The Morgan fingerprint density at radius 1 is 1.00 bits per heavy atom. The molecule has 1 aliphatic rings. The van der Waals surface area contributed by atoms with Crippen LogP contribution in [-0.2, 0) is 10.1 Å². The second kappa shape index (κ2) is 11.5. The molecule has 0 spiro atoms. The van der Waals surface area contributed by atoms with E-state index in [2.05, 4.69) is 62.1 Å². The van der Waals surface area contributed by atoms with Gasteiger partial charge in [-0.05, 0) is 80.6 Å². The van der Waals surface area contributed by atoms with Crippen LogP contribution in [0.3, 0.4) is 0 Å². The lowest BCUT2D eigenvalue weighted by molar-refractivity contribution is 0.102. The second-order valence-electron chi connectivity index (χ2n) is 11.0. The maximum absolute atomic E-state index is 12.7. The van der Waals surface area contributed by atoms with Gasteiger partial charge in [-0.25, -0.2) is 9.98 Å². The molecule has 2 heterocycles. The molecule has 0 unspecified atom stereocenters. The molecule has 1 aliphatic heterocycles. The molecule has 0 fully saturated rings. The van der Waals surface area contributed by atoms with Gasteiger partial charge in [-0.3, -0.25) is 9.35 Å². The Labute approximate surface area is 250 Å². The van der Waals surface area contributed by atoms with Gasteiger partial charge in [0.25, 0.3) is 16.0 Å². The minimum Gasteiger partial charge on any atom is -0.372 e. The summed E-state index contributed by atoms with van der Waals surface area (Å²) < 4.78 is 32.1. The van der Waals surface area contributed by atoms with Gasteiger partial charge < -0.3 is 10.2 Å². The van der Waals surface area contributed by atoms with Gasteiger partial charge in [0.05, 0.1) is 16.3 Å². The van der Waals surface area contributed by atoms with Crippen LogP contribution in [0, 0.1) is 5.41 Å². The number of carbonyl (C=O) groups is 1. The van der Waals surface area contributed by atoms with E-state index in [4.69, 9.17) is 15.1 Å². The Balaban J connectivity index is 1.39. The van der Waals surface area contributed by atoms with E-state index < -0.39 is 16.0 Å². The number of benzene rings is 3. The van der Waals surface area contributed by atoms with E-state index in [1.54, 1.807) is 24.3 Å². The summed E-state index contributed by atoms with van der Waals surface area (Å²) in [7, 11) is -4.42. The van der Waals surface area contributed by atoms with Gasteiger partial charge in [0.2, 0.25) is 5.82 Å². The van der Waals surface area contributed by atoms with Gasteiger partial charge in [-0.2, -0.15) is 13.5 Å². The fourth-order valence-corrected chi connectivity index (χ4v) is 5.19. The smallest absolute Gasteiger partial charge is 0.294 e. The molecule has 0 aliphatic carbocycles. The molecule has 4 aromatic rings. The number of amides is 1. The summed E-state index contributed by atoms with van der Waals surface area (Å²) in [6.07, 6.45) is 0. The highest BCUT2D eigenvalue weighted by atomic mass is 32.2. The van der Waals surface area contributed by atoms with Gasteiger partial charge in [-0.1, -0.05) is 26.8 Å². The van der Waals surface area contributed by atoms with E-state index in [1.807, 2.05) is 12.1 Å². The molecule has 0 radical (unpaired) electrons. The van der Waals surface area contributed by atoms with Crippen molar-refractivity contribution in [3.8, 4) is 11.4 Å². The molecule has 5 rings (SSSR count). The molecular formula is C31H33N7O4S. The fourth-order valence-electron chi connectivity index (χ4n) is 4.66. The highest BCUT2D eigenvalue weighted by molar-refractivity contribution is 7.85. The average molecular weight is 600 g/mol. The largest absolute Gasteiger partial charge is 0.372 e. The highest BCUT2D eigenvalue weighted by Gasteiger charge is 2.35. The number of hydrogen-bond donors (Lipinski definition) is 2. The number of nitrogens with one attached hydrogen (secondary N) is 1. The molecule has 11 nitrogen and oxygen atoms in total. The maximum Gasteiger partial charge on any atom is 0.294 e. The predicted octanol–water partition coefficient (Wildman–Crippen LogP) is 5.67. The maximum atomic E-state index is 12.7. The zero-order chi connectivity index (χ0) is 30.9. The molecule has 2 N–H and O–H groups in total. The van der Waals surface area contributed by atoms with Crippen LogP contribution in [0.15, 0.2) is 87.8 Å². The standard InChI is InChI=1S/C31H33N7O4S/c1-6-37(7-2)24-17-15-22(16-18-24)32-26-27(31(3,4)5)35-38-29(26)34-28(36-38)20-11-13-23(14-12-20)33-30(39)21-9-8-10-25(19-21)43(40,41)42/h8-19H,6-7H2,1-5H3,(H,33,39)(H,40,41,42)/b32-26-. The number of aromatic nitrogens is 3. The Hall–Kier alpha value is -4.68. The molecule has 0 bridgehead atoms. The predicted molar refractivity (Wildman–Crippen MR) is 168 cm³/mol. The highest BCUT2D eigenvalue weighted by Crippen LogP contribution is 2.29. The van der Waals surface area contributed by atoms with Crippen molar-refractivity contribution in [1.29, 1.82) is 0 Å². The van der Waals surface area contributed by atoms with Crippen LogP contribution >= 0.6 is 0 Å². The van der Waals surface area contributed by atoms with E-state index in [0.717, 1.165) is 36.2 Å². The lowest BCUT2D eigenvalue weighted by atomic mass is 9.87. The number of anilines is 2. The Morgan fingerprint density at radius 3 is 2.28 bits per heavy atom. The monoisotopic (exact) mass is 599 g/mol. The number of rotatable bonds is 8. The third-order valence-corrected chi connectivity index (χ3v) is 7.80. The first kappa shape index (κ1) is 29.8. The Morgan fingerprint density at radius 2 is 1.67 bits per heavy atom. The van der Waals surface area contributed by atoms with Gasteiger partial charge in [-0.15, -0.1) is 9.89 Å². The first-order valence-electron chi connectivity index (χ1n) is 13.9. The van der Waals surface area contributed by atoms with Crippen molar-refractivity contribution in [1.82, 2.24) is 14.9 Å². The van der Waals surface area contributed by atoms with Crippen LogP contribution in [0.1, 0.15) is 50.8 Å². The minimum absolute atomic E-state index is 0.0911. The SMILES string of the molecule is CCN(CC)c1ccc(/N=C2/C(C(C)(C)C)=Nn3nc(-c4ccc(NC(=O)c5cccc(S(=O)(=O)O)c5)cc4)nc32)cc1. The summed E-state index contributed by atoms with van der Waals surface area (Å²) in [5, 5.41) is 12.1. The fraction of sp³-hybridized carbons (Fsp3) is 0.258. The second-order valence-corrected chi connectivity index (χ2v) is 12.5. The van der Waals surface area contributed by atoms with Gasteiger partial charge in [0, 0.05) is 41.0 Å². The van der Waals surface area contributed by atoms with E-state index in [-0.39, 0.29) is 15.9 Å². The van der Waals surface area contributed by atoms with E-state index in [0.29, 0.717) is 28.6 Å². The number of nitrogens with zero attached hydrogens (tertiary/aromatic N) is 6. The van der Waals surface area contributed by atoms with Crippen molar-refractivity contribution in [3.05, 3.63) is 84.2 Å². The zero-order valence-corrected chi connectivity index (χ0v) is 25.4. The van der Waals surface area contributed by atoms with Gasteiger partial charge in [0.1, 0.15) is 5.71 Å². The van der Waals surface area contributed by atoms with Crippen LogP contribution in [0.25, 0.3) is 11.4 Å². The van der Waals surface area contributed by atoms with Crippen LogP contribution in [-0.4, -0.2) is 58.3 Å². The first-order valence-corrected chi connectivity index (χ1v) is 15.3. The average Bonchev–Trinajstić information content (AvgIpc) is 3.54. The van der Waals surface area contributed by atoms with Crippen LogP contribution in [0.5, 0.6) is 0 Å². The molecule has 1 aromatic heterocycles. The number of fused-ring (bicyclic) bond motifs is 1. The van der Waals surface area contributed by atoms with Gasteiger partial charge in [0.15, 0.2) is 5.82 Å². The summed E-state index contributed by atoms with van der Waals surface area (Å²) in [4.78, 5) is 25.8. The zero-order valence-electron chi connectivity index (χ0n) is 24.6. The van der Waals surface area contributed by atoms with Crippen molar-refractivity contribution in [2.45, 2.75) is 39.5 Å². The summed E-state index contributed by atoms with van der Waals surface area (Å²) >= 11 is 0. The Bertz CT molecular complexity index is 1830. The Kier molecular flexibility index (Phi) is 8.00. The van der Waals surface area contributed by atoms with Crippen molar-refractivity contribution < 1.29 is 17.8 Å². The number of carbonyl (C=O) groups excluding carboxylic acids is 1. The molecule has 1 amide bonds.